The van der Waals surface area contributed by atoms with Gasteiger partial charge in [-0.1, -0.05) is 0 Å². The van der Waals surface area contributed by atoms with Crippen LogP contribution in [0, 0.1) is 4.77 Å². The van der Waals surface area contributed by atoms with E-state index in [2.05, 4.69) is 9.97 Å². The third-order valence-electron chi connectivity index (χ3n) is 1.90. The van der Waals surface area contributed by atoms with Crippen molar-refractivity contribution in [2.45, 2.75) is 0 Å². The number of rotatable bonds is 0. The summed E-state index contributed by atoms with van der Waals surface area (Å²) < 4.78 is 3.26. The average Bonchev–Trinajstić information content (AvgIpc) is 2.45. The number of hydrogen-bond donors (Lipinski definition) is 0. The van der Waals surface area contributed by atoms with Crippen molar-refractivity contribution < 1.29 is 34.7 Å². The summed E-state index contributed by atoms with van der Waals surface area (Å²) in [6.45, 7) is 0. The normalized spacial score (nSPS) is 10.1. The first-order chi connectivity index (χ1) is 6.11. The molecule has 0 aromatic carbocycles. The minimum absolute atomic E-state index is 0. The molecule has 0 N–H and O–H groups in total. The van der Waals surface area contributed by atoms with Crippen LogP contribution < -0.4 is 34.7 Å². The zero-order valence-electron chi connectivity index (χ0n) is 8.18. The van der Waals surface area contributed by atoms with Gasteiger partial charge in [0.05, 0.1) is 6.33 Å². The number of imidazole rings is 1. The van der Waals surface area contributed by atoms with E-state index in [-0.39, 0.29) is 40.2 Å². The van der Waals surface area contributed by atoms with Crippen LogP contribution in [0.2, 0.25) is 0 Å². The van der Waals surface area contributed by atoms with Gasteiger partial charge in [0.2, 0.25) is 4.77 Å². The van der Waals surface area contributed by atoms with Crippen LogP contribution in [0.4, 0.5) is 0 Å². The first-order valence-corrected chi connectivity index (χ1v) is 4.07. The summed E-state index contributed by atoms with van der Waals surface area (Å²) in [6, 6.07) is 0. The van der Waals surface area contributed by atoms with Crippen LogP contribution >= 0.6 is 12.2 Å². The maximum absolute atomic E-state index is 11.5. The summed E-state index contributed by atoms with van der Waals surface area (Å²) in [7, 11) is 3.36. The van der Waals surface area contributed by atoms with E-state index in [1.54, 1.807) is 25.0 Å². The van der Waals surface area contributed by atoms with Gasteiger partial charge in [-0.25, -0.2) is 4.98 Å². The van der Waals surface area contributed by atoms with E-state index >= 15 is 0 Å². The monoisotopic (exact) mass is 218 g/mol. The van der Waals surface area contributed by atoms with Crippen LogP contribution in [0.25, 0.3) is 11.2 Å². The summed E-state index contributed by atoms with van der Waals surface area (Å²) in [6.07, 6.45) is 1.55. The fourth-order valence-electron chi connectivity index (χ4n) is 1.12. The summed E-state index contributed by atoms with van der Waals surface area (Å²) in [5.74, 6) is -0.199. The molecule has 0 atom stereocenters. The quantitative estimate of drug-likeness (QED) is 0.352. The molecule has 0 fully saturated rings. The molecule has 2 aromatic heterocycles. The van der Waals surface area contributed by atoms with Crippen LogP contribution in [0.1, 0.15) is 0 Å². The van der Waals surface area contributed by atoms with Crippen LogP contribution in [-0.2, 0) is 14.1 Å². The largest absolute Gasteiger partial charge is 1.00 e. The predicted octanol–water partition coefficient (Wildman–Crippen LogP) is -2.89. The molecule has 7 heteroatoms. The average molecular weight is 218 g/mol. The molecule has 0 aliphatic heterocycles. The molecule has 0 aliphatic rings. The Bertz CT molecular complexity index is 532. The first kappa shape index (κ1) is 11.6. The van der Waals surface area contributed by atoms with Crippen LogP contribution in [-0.4, -0.2) is 19.1 Å². The molecule has 0 amide bonds. The molecule has 0 bridgehead atoms. The number of nitrogens with zero attached hydrogens (tertiary/aromatic N) is 4. The Morgan fingerprint density at radius 1 is 1.43 bits per heavy atom. The smallest absolute Gasteiger partial charge is 0.858 e. The van der Waals surface area contributed by atoms with Gasteiger partial charge in [-0.05, 0) is 18.1 Å². The summed E-state index contributed by atoms with van der Waals surface area (Å²) in [5, 5.41) is 11.5. The SMILES string of the molecule is Cn1c([O-])c2ncn(C)c2nc1=S.[Na+]. The second kappa shape index (κ2) is 3.98. The first-order valence-electron chi connectivity index (χ1n) is 3.66. The molecule has 0 unspecified atom stereocenters. The van der Waals surface area contributed by atoms with Crippen LogP contribution in [0.5, 0.6) is 5.88 Å². The van der Waals surface area contributed by atoms with Gasteiger partial charge >= 0.3 is 29.6 Å². The summed E-state index contributed by atoms with van der Waals surface area (Å²) >= 11 is 4.90. The van der Waals surface area contributed by atoms with Crippen molar-refractivity contribution in [2.24, 2.45) is 14.1 Å². The molecule has 2 heterocycles. The predicted molar refractivity (Wildman–Crippen MR) is 47.8 cm³/mol. The molecule has 0 spiro atoms. The van der Waals surface area contributed by atoms with Gasteiger partial charge in [0.25, 0.3) is 0 Å². The van der Waals surface area contributed by atoms with Gasteiger partial charge in [-0.15, -0.1) is 0 Å². The van der Waals surface area contributed by atoms with Crippen molar-refractivity contribution in [3.63, 3.8) is 0 Å². The Morgan fingerprint density at radius 3 is 2.71 bits per heavy atom. The number of aromatic nitrogens is 4. The van der Waals surface area contributed by atoms with Gasteiger partial charge < -0.3 is 14.2 Å². The van der Waals surface area contributed by atoms with E-state index in [0.29, 0.717) is 11.2 Å². The third-order valence-corrected chi connectivity index (χ3v) is 2.27. The Hall–Kier alpha value is -0.430. The van der Waals surface area contributed by atoms with Crippen molar-refractivity contribution in [1.29, 1.82) is 0 Å². The Kier molecular flexibility index (Phi) is 3.31. The minimum atomic E-state index is -0.199. The molecule has 0 saturated carbocycles. The zero-order valence-corrected chi connectivity index (χ0v) is 11.0. The second-order valence-electron chi connectivity index (χ2n) is 2.79. The molecular formula is C7H7N4NaOS. The molecule has 5 nitrogen and oxygen atoms in total. The molecule has 0 aliphatic carbocycles. The van der Waals surface area contributed by atoms with E-state index in [9.17, 15) is 5.11 Å². The fourth-order valence-corrected chi connectivity index (χ4v) is 1.29. The van der Waals surface area contributed by atoms with Gasteiger partial charge in [0, 0.05) is 14.1 Å². The fraction of sp³-hybridized carbons (Fsp3) is 0.286. The summed E-state index contributed by atoms with van der Waals surface area (Å²) in [4.78, 5) is 8.01. The van der Waals surface area contributed by atoms with Gasteiger partial charge in [0.15, 0.2) is 5.65 Å². The van der Waals surface area contributed by atoms with E-state index < -0.39 is 0 Å². The Morgan fingerprint density at radius 2 is 2.07 bits per heavy atom. The Labute approximate surface area is 108 Å². The molecular weight excluding hydrogens is 211 g/mol. The van der Waals surface area contributed by atoms with E-state index in [4.69, 9.17) is 12.2 Å². The molecule has 68 valence electrons. The maximum Gasteiger partial charge on any atom is 1.00 e. The number of hydrogen-bond acceptors (Lipinski definition) is 4. The molecule has 2 aromatic rings. The van der Waals surface area contributed by atoms with Crippen molar-refractivity contribution in [3.05, 3.63) is 11.1 Å². The van der Waals surface area contributed by atoms with Crippen molar-refractivity contribution >= 4 is 23.4 Å². The Balaban J connectivity index is 0.000000980. The number of fused-ring (bicyclic) bond motifs is 1. The van der Waals surface area contributed by atoms with Crippen molar-refractivity contribution in [3.8, 4) is 5.88 Å². The molecule has 2 rings (SSSR count). The zero-order chi connectivity index (χ0) is 9.59. The number of aryl methyl sites for hydroxylation is 1. The standard InChI is InChI=1S/C7H8N4OS.Na/c1-10-3-8-4-5(10)9-7(13)11(2)6(4)12;/h3,12H,1-2H3;/q;+1/p-1. The minimum Gasteiger partial charge on any atom is -0.858 e. The van der Waals surface area contributed by atoms with Crippen molar-refractivity contribution in [1.82, 2.24) is 19.1 Å². The third kappa shape index (κ3) is 1.58. The maximum atomic E-state index is 11.5. The van der Waals surface area contributed by atoms with E-state index in [1.807, 2.05) is 0 Å². The molecule has 0 radical (unpaired) electrons. The topological polar surface area (TPSA) is 58.7 Å². The van der Waals surface area contributed by atoms with Crippen LogP contribution in [0.3, 0.4) is 0 Å². The summed E-state index contributed by atoms with van der Waals surface area (Å²) in [5.41, 5.74) is 0.895. The second-order valence-corrected chi connectivity index (χ2v) is 3.15. The van der Waals surface area contributed by atoms with E-state index in [1.165, 1.54) is 4.57 Å². The molecule has 14 heavy (non-hydrogen) atoms. The van der Waals surface area contributed by atoms with Gasteiger partial charge in [-0.3, -0.25) is 0 Å². The van der Waals surface area contributed by atoms with Gasteiger partial charge in [0.1, 0.15) is 5.52 Å². The van der Waals surface area contributed by atoms with E-state index in [0.717, 1.165) is 0 Å². The molecule has 0 saturated heterocycles. The van der Waals surface area contributed by atoms with Gasteiger partial charge in [-0.2, -0.15) is 4.98 Å². The van der Waals surface area contributed by atoms with Crippen molar-refractivity contribution in [2.75, 3.05) is 0 Å². The van der Waals surface area contributed by atoms with Crippen LogP contribution in [0.15, 0.2) is 6.33 Å².